The highest BCUT2D eigenvalue weighted by molar-refractivity contribution is 6.34. The summed E-state index contributed by atoms with van der Waals surface area (Å²) in [6.45, 7) is 7.84. The summed E-state index contributed by atoms with van der Waals surface area (Å²) in [7, 11) is 0. The average molecular weight is 390 g/mol. The lowest BCUT2D eigenvalue weighted by atomic mass is 10.1. The summed E-state index contributed by atoms with van der Waals surface area (Å²) in [6.07, 6.45) is -0.163. The number of carbonyl (C=O) groups is 2. The predicted molar refractivity (Wildman–Crippen MR) is 107 cm³/mol. The Kier molecular flexibility index (Phi) is 7.25. The molecule has 144 valence electrons. The van der Waals surface area contributed by atoms with Gasteiger partial charge in [0.25, 0.3) is 5.91 Å². The van der Waals surface area contributed by atoms with Crippen molar-refractivity contribution in [2.45, 2.75) is 40.2 Å². The second-order valence-corrected chi connectivity index (χ2v) is 6.52. The molecular weight excluding hydrogens is 366 g/mol. The van der Waals surface area contributed by atoms with Crippen molar-refractivity contribution < 1.29 is 19.1 Å². The number of amides is 1. The van der Waals surface area contributed by atoms with Gasteiger partial charge in [0.2, 0.25) is 0 Å². The predicted octanol–water partition coefficient (Wildman–Crippen LogP) is 4.93. The molecule has 0 aliphatic carbocycles. The first-order chi connectivity index (χ1) is 12.9. The molecule has 1 N–H and O–H groups in total. The lowest BCUT2D eigenvalue weighted by Gasteiger charge is -2.19. The molecule has 0 unspecified atom stereocenters. The molecule has 0 radical (unpaired) electrons. The molecule has 1 atom stereocenters. The second-order valence-electron chi connectivity index (χ2n) is 6.12. The number of anilines is 1. The van der Waals surface area contributed by atoms with Gasteiger partial charge in [-0.3, -0.25) is 4.79 Å². The van der Waals surface area contributed by atoms with E-state index in [1.165, 1.54) is 6.07 Å². The number of benzene rings is 2. The zero-order chi connectivity index (χ0) is 20.0. The number of halogens is 1. The maximum absolute atomic E-state index is 12.6. The van der Waals surface area contributed by atoms with Crippen LogP contribution in [-0.2, 0) is 9.53 Å². The van der Waals surface area contributed by atoms with Crippen LogP contribution in [0.15, 0.2) is 36.4 Å². The maximum Gasteiger partial charge on any atom is 0.338 e. The van der Waals surface area contributed by atoms with Gasteiger partial charge < -0.3 is 14.8 Å². The van der Waals surface area contributed by atoms with Gasteiger partial charge in [-0.1, -0.05) is 30.7 Å². The Morgan fingerprint density at radius 3 is 2.52 bits per heavy atom. The summed E-state index contributed by atoms with van der Waals surface area (Å²) in [5.74, 6) is -0.0769. The first-order valence-corrected chi connectivity index (χ1v) is 9.25. The molecule has 2 aromatic rings. The van der Waals surface area contributed by atoms with Crippen molar-refractivity contribution in [2.75, 3.05) is 11.9 Å². The summed E-state index contributed by atoms with van der Waals surface area (Å²) in [6, 6.07) is 10.4. The summed E-state index contributed by atoms with van der Waals surface area (Å²) in [4.78, 5) is 24.4. The normalized spacial score (nSPS) is 11.6. The van der Waals surface area contributed by atoms with Gasteiger partial charge in [0, 0.05) is 0 Å². The molecule has 2 rings (SSSR count). The van der Waals surface area contributed by atoms with E-state index in [0.29, 0.717) is 23.4 Å². The molecule has 0 fully saturated rings. The number of hydrogen-bond donors (Lipinski definition) is 1. The fourth-order valence-corrected chi connectivity index (χ4v) is 2.73. The Labute approximate surface area is 164 Å². The molecule has 1 amide bonds. The van der Waals surface area contributed by atoms with Crippen molar-refractivity contribution in [1.82, 2.24) is 0 Å². The van der Waals surface area contributed by atoms with Crippen molar-refractivity contribution in [3.8, 4) is 5.75 Å². The lowest BCUT2D eigenvalue weighted by Crippen LogP contribution is -2.32. The summed E-state index contributed by atoms with van der Waals surface area (Å²) in [5, 5.41) is 3.03. The number of esters is 1. The minimum Gasteiger partial charge on any atom is -0.480 e. The van der Waals surface area contributed by atoms with Crippen LogP contribution in [0, 0.1) is 13.8 Å². The van der Waals surface area contributed by atoms with E-state index in [-0.39, 0.29) is 17.5 Å². The van der Waals surface area contributed by atoms with Crippen LogP contribution in [0.4, 0.5) is 5.69 Å². The molecule has 0 saturated heterocycles. The molecular formula is C21H24ClNO4. The van der Waals surface area contributed by atoms with Gasteiger partial charge in [0.1, 0.15) is 5.75 Å². The quantitative estimate of drug-likeness (QED) is 0.682. The standard InChI is InChI=1S/C21H24ClNO4/c1-5-18(27-19-9-7-8-13(3)14(19)4)20(24)23-17-11-10-15(12-16(17)22)21(25)26-6-2/h7-12,18H,5-6H2,1-4H3,(H,23,24)/t18-/m0/s1. The molecule has 0 heterocycles. The molecule has 6 heteroatoms. The molecule has 0 spiro atoms. The van der Waals surface area contributed by atoms with Gasteiger partial charge in [-0.15, -0.1) is 0 Å². The van der Waals surface area contributed by atoms with Crippen LogP contribution in [0.1, 0.15) is 41.8 Å². The number of ether oxygens (including phenoxy) is 2. The van der Waals surface area contributed by atoms with Crippen LogP contribution >= 0.6 is 11.6 Å². The van der Waals surface area contributed by atoms with E-state index < -0.39 is 12.1 Å². The van der Waals surface area contributed by atoms with E-state index in [4.69, 9.17) is 21.1 Å². The Morgan fingerprint density at radius 2 is 1.89 bits per heavy atom. The van der Waals surface area contributed by atoms with E-state index in [9.17, 15) is 9.59 Å². The highest BCUT2D eigenvalue weighted by atomic mass is 35.5. The monoisotopic (exact) mass is 389 g/mol. The first-order valence-electron chi connectivity index (χ1n) is 8.87. The van der Waals surface area contributed by atoms with Crippen LogP contribution < -0.4 is 10.1 Å². The van der Waals surface area contributed by atoms with Gasteiger partial charge >= 0.3 is 5.97 Å². The number of nitrogens with one attached hydrogen (secondary N) is 1. The SMILES string of the molecule is CCOC(=O)c1ccc(NC(=O)[C@H](CC)Oc2cccc(C)c2C)c(Cl)c1. The highest BCUT2D eigenvalue weighted by Gasteiger charge is 2.21. The topological polar surface area (TPSA) is 64.6 Å². The van der Waals surface area contributed by atoms with Crippen molar-refractivity contribution in [1.29, 1.82) is 0 Å². The number of aryl methyl sites for hydroxylation is 1. The zero-order valence-corrected chi connectivity index (χ0v) is 16.7. The fraction of sp³-hybridized carbons (Fsp3) is 0.333. The van der Waals surface area contributed by atoms with E-state index >= 15 is 0 Å². The molecule has 0 bridgehead atoms. The third kappa shape index (κ3) is 5.23. The minimum atomic E-state index is -0.661. The van der Waals surface area contributed by atoms with Crippen molar-refractivity contribution >= 4 is 29.2 Å². The molecule has 2 aromatic carbocycles. The van der Waals surface area contributed by atoms with E-state index in [2.05, 4.69) is 5.32 Å². The Bertz CT molecular complexity index is 835. The second kappa shape index (κ2) is 9.42. The van der Waals surface area contributed by atoms with Crippen LogP contribution in [0.2, 0.25) is 5.02 Å². The van der Waals surface area contributed by atoms with Gasteiger partial charge in [0.15, 0.2) is 6.10 Å². The molecule has 0 aliphatic rings. The van der Waals surface area contributed by atoms with E-state index in [1.54, 1.807) is 19.1 Å². The minimum absolute atomic E-state index is 0.260. The van der Waals surface area contributed by atoms with Gasteiger partial charge in [-0.05, 0) is 62.6 Å². The van der Waals surface area contributed by atoms with Crippen LogP contribution in [0.3, 0.4) is 0 Å². The number of rotatable bonds is 7. The average Bonchev–Trinajstić information content (AvgIpc) is 2.64. The fourth-order valence-electron chi connectivity index (χ4n) is 2.50. The Morgan fingerprint density at radius 1 is 1.15 bits per heavy atom. The van der Waals surface area contributed by atoms with Gasteiger partial charge in [-0.25, -0.2) is 4.79 Å². The molecule has 5 nitrogen and oxygen atoms in total. The van der Waals surface area contributed by atoms with Crippen molar-refractivity contribution in [2.24, 2.45) is 0 Å². The third-order valence-corrected chi connectivity index (χ3v) is 4.54. The Hall–Kier alpha value is -2.53. The highest BCUT2D eigenvalue weighted by Crippen LogP contribution is 2.26. The zero-order valence-electron chi connectivity index (χ0n) is 16.0. The molecule has 0 aliphatic heterocycles. The smallest absolute Gasteiger partial charge is 0.338 e. The summed E-state index contributed by atoms with van der Waals surface area (Å²) in [5.41, 5.74) is 2.84. The van der Waals surface area contributed by atoms with Crippen LogP contribution in [0.5, 0.6) is 5.75 Å². The molecule has 0 aromatic heterocycles. The Balaban J connectivity index is 2.12. The third-order valence-electron chi connectivity index (χ3n) is 4.23. The number of hydrogen-bond acceptors (Lipinski definition) is 4. The largest absolute Gasteiger partial charge is 0.480 e. The van der Waals surface area contributed by atoms with Crippen LogP contribution in [-0.4, -0.2) is 24.6 Å². The van der Waals surface area contributed by atoms with Gasteiger partial charge in [0.05, 0.1) is 22.9 Å². The van der Waals surface area contributed by atoms with E-state index in [0.717, 1.165) is 11.1 Å². The lowest BCUT2D eigenvalue weighted by molar-refractivity contribution is -0.122. The van der Waals surface area contributed by atoms with Crippen molar-refractivity contribution in [3.05, 3.63) is 58.1 Å². The van der Waals surface area contributed by atoms with Crippen molar-refractivity contribution in [3.63, 3.8) is 0 Å². The maximum atomic E-state index is 12.6. The van der Waals surface area contributed by atoms with E-state index in [1.807, 2.05) is 39.0 Å². The first kappa shape index (κ1) is 20.8. The number of carbonyl (C=O) groups excluding carboxylic acids is 2. The molecule has 27 heavy (non-hydrogen) atoms. The van der Waals surface area contributed by atoms with Gasteiger partial charge in [-0.2, -0.15) is 0 Å². The summed E-state index contributed by atoms with van der Waals surface area (Å²) >= 11 is 6.21. The molecule has 0 saturated carbocycles. The summed E-state index contributed by atoms with van der Waals surface area (Å²) < 4.78 is 10.9. The van der Waals surface area contributed by atoms with Crippen LogP contribution in [0.25, 0.3) is 0 Å².